The summed E-state index contributed by atoms with van der Waals surface area (Å²) in [5.41, 5.74) is 2.81. The van der Waals surface area contributed by atoms with Gasteiger partial charge in [0.2, 0.25) is 0 Å². The molecule has 3 rings (SSSR count). The Kier molecular flexibility index (Phi) is 6.69. The Hall–Kier alpha value is -3.81. The maximum atomic E-state index is 12.7. The minimum Gasteiger partial charge on any atom is -0.497 e. The second-order valence-corrected chi connectivity index (χ2v) is 6.64. The number of benzene rings is 2. The molecule has 0 aliphatic heterocycles. The second-order valence-electron chi connectivity index (χ2n) is 6.64. The van der Waals surface area contributed by atoms with Gasteiger partial charge in [0, 0.05) is 30.1 Å². The van der Waals surface area contributed by atoms with Gasteiger partial charge < -0.3 is 20.1 Å². The molecule has 8 heteroatoms. The molecular weight excluding hydrogens is 382 g/mol. The van der Waals surface area contributed by atoms with Crippen LogP contribution in [-0.2, 0) is 7.05 Å². The van der Waals surface area contributed by atoms with Crippen LogP contribution in [0, 0.1) is 5.41 Å². The standard InChI is InChI=1S/C22H25N5O3/c1-15(23)24-11-12-30-21-8-7-17(14-19(21)20-9-10-25-27(20)2)26-22(28)16-5-4-6-18(13-16)29-3/h4-10,13-14H,11-12H2,1-3H3,(H2,23,24)(H,26,28). The summed E-state index contributed by atoms with van der Waals surface area (Å²) in [5.74, 6) is 1.45. The van der Waals surface area contributed by atoms with E-state index < -0.39 is 0 Å². The summed E-state index contributed by atoms with van der Waals surface area (Å²) in [6.07, 6.45) is 1.71. The van der Waals surface area contributed by atoms with Gasteiger partial charge >= 0.3 is 0 Å². The molecule has 0 saturated carbocycles. The van der Waals surface area contributed by atoms with Crippen molar-refractivity contribution in [1.29, 1.82) is 5.41 Å². The molecule has 0 atom stereocenters. The predicted molar refractivity (Wildman–Crippen MR) is 116 cm³/mol. The van der Waals surface area contributed by atoms with Gasteiger partial charge in [-0.3, -0.25) is 14.9 Å². The van der Waals surface area contributed by atoms with E-state index in [0.29, 0.717) is 41.7 Å². The van der Waals surface area contributed by atoms with Crippen molar-refractivity contribution in [3.63, 3.8) is 0 Å². The summed E-state index contributed by atoms with van der Waals surface area (Å²) >= 11 is 0. The third kappa shape index (κ3) is 5.16. The molecule has 0 bridgehead atoms. The maximum Gasteiger partial charge on any atom is 0.255 e. The average molecular weight is 407 g/mol. The van der Waals surface area contributed by atoms with Crippen molar-refractivity contribution >= 4 is 17.4 Å². The lowest BCUT2D eigenvalue weighted by Gasteiger charge is -2.15. The molecule has 8 nitrogen and oxygen atoms in total. The first-order valence-electron chi connectivity index (χ1n) is 9.47. The third-order valence-corrected chi connectivity index (χ3v) is 4.42. The molecule has 3 aromatic rings. The first-order chi connectivity index (χ1) is 14.5. The van der Waals surface area contributed by atoms with Gasteiger partial charge in [-0.15, -0.1) is 0 Å². The number of carbonyl (C=O) groups excluding carboxylic acids is 1. The Balaban J connectivity index is 1.83. The average Bonchev–Trinajstić information content (AvgIpc) is 3.17. The van der Waals surface area contributed by atoms with Crippen molar-refractivity contribution < 1.29 is 14.3 Å². The van der Waals surface area contributed by atoms with Gasteiger partial charge in [-0.1, -0.05) is 6.07 Å². The van der Waals surface area contributed by atoms with Gasteiger partial charge in [0.25, 0.3) is 5.91 Å². The van der Waals surface area contributed by atoms with Gasteiger partial charge in [-0.25, -0.2) is 0 Å². The molecule has 30 heavy (non-hydrogen) atoms. The van der Waals surface area contributed by atoms with E-state index in [-0.39, 0.29) is 5.91 Å². The first-order valence-corrected chi connectivity index (χ1v) is 9.47. The van der Waals surface area contributed by atoms with Crippen molar-refractivity contribution in [3.8, 4) is 22.8 Å². The summed E-state index contributed by atoms with van der Waals surface area (Å²) in [6.45, 7) is 2.60. The van der Waals surface area contributed by atoms with E-state index in [1.165, 1.54) is 0 Å². The van der Waals surface area contributed by atoms with E-state index in [2.05, 4.69) is 15.7 Å². The number of aryl methyl sites for hydroxylation is 1. The highest BCUT2D eigenvalue weighted by molar-refractivity contribution is 6.04. The van der Waals surface area contributed by atoms with E-state index in [4.69, 9.17) is 14.9 Å². The SMILES string of the molecule is COc1cccc(C(=O)Nc2ccc(OCCNC(C)=N)c(-c3ccnn3C)c2)c1. The van der Waals surface area contributed by atoms with Gasteiger partial charge in [0.05, 0.1) is 25.2 Å². The Morgan fingerprint density at radius 3 is 2.73 bits per heavy atom. The number of ether oxygens (including phenoxy) is 2. The summed E-state index contributed by atoms with van der Waals surface area (Å²) in [4.78, 5) is 12.7. The highest BCUT2D eigenvalue weighted by atomic mass is 16.5. The fraction of sp³-hybridized carbons (Fsp3) is 0.227. The molecule has 0 radical (unpaired) electrons. The molecular formula is C22H25N5O3. The van der Waals surface area contributed by atoms with E-state index in [9.17, 15) is 4.79 Å². The summed E-state index contributed by atoms with van der Waals surface area (Å²) < 4.78 is 12.8. The molecule has 1 aromatic heterocycles. The Bertz CT molecular complexity index is 1040. The number of hydrogen-bond acceptors (Lipinski definition) is 5. The largest absolute Gasteiger partial charge is 0.497 e. The van der Waals surface area contributed by atoms with E-state index >= 15 is 0 Å². The lowest BCUT2D eigenvalue weighted by atomic mass is 10.1. The number of anilines is 1. The minimum atomic E-state index is -0.232. The number of nitrogens with zero attached hydrogens (tertiary/aromatic N) is 2. The molecule has 1 amide bonds. The van der Waals surface area contributed by atoms with Crippen LogP contribution in [0.1, 0.15) is 17.3 Å². The van der Waals surface area contributed by atoms with Gasteiger partial charge in [-0.05, 0) is 49.4 Å². The van der Waals surface area contributed by atoms with Crippen LogP contribution in [0.25, 0.3) is 11.3 Å². The summed E-state index contributed by atoms with van der Waals surface area (Å²) in [7, 11) is 3.41. The van der Waals surface area contributed by atoms with Crippen LogP contribution >= 0.6 is 0 Å². The van der Waals surface area contributed by atoms with Gasteiger partial charge in [0.15, 0.2) is 0 Å². The Labute approximate surface area is 175 Å². The zero-order chi connectivity index (χ0) is 21.5. The highest BCUT2D eigenvalue weighted by Gasteiger charge is 2.14. The van der Waals surface area contributed by atoms with Crippen LogP contribution in [0.4, 0.5) is 5.69 Å². The van der Waals surface area contributed by atoms with E-state index in [0.717, 1.165) is 11.3 Å². The van der Waals surface area contributed by atoms with Crippen LogP contribution in [-0.4, -0.2) is 41.8 Å². The highest BCUT2D eigenvalue weighted by Crippen LogP contribution is 2.32. The van der Waals surface area contributed by atoms with Gasteiger partial charge in [0.1, 0.15) is 18.1 Å². The predicted octanol–water partition coefficient (Wildman–Crippen LogP) is 3.31. The molecule has 1 heterocycles. The molecule has 0 spiro atoms. The monoisotopic (exact) mass is 407 g/mol. The molecule has 2 aromatic carbocycles. The number of hydrogen-bond donors (Lipinski definition) is 3. The molecule has 0 saturated heterocycles. The molecule has 156 valence electrons. The minimum absolute atomic E-state index is 0.232. The number of amidine groups is 1. The van der Waals surface area contributed by atoms with Crippen LogP contribution in [0.5, 0.6) is 11.5 Å². The molecule has 0 fully saturated rings. The van der Waals surface area contributed by atoms with E-state index in [1.807, 2.05) is 25.2 Å². The number of nitrogens with one attached hydrogen (secondary N) is 3. The van der Waals surface area contributed by atoms with Crippen molar-refractivity contribution in [2.45, 2.75) is 6.92 Å². The van der Waals surface area contributed by atoms with E-state index in [1.54, 1.807) is 55.2 Å². The van der Waals surface area contributed by atoms with Crippen molar-refractivity contribution in [2.75, 3.05) is 25.6 Å². The molecule has 0 unspecified atom stereocenters. The van der Waals surface area contributed by atoms with Gasteiger partial charge in [-0.2, -0.15) is 5.10 Å². The zero-order valence-corrected chi connectivity index (χ0v) is 17.2. The van der Waals surface area contributed by atoms with Crippen molar-refractivity contribution in [3.05, 3.63) is 60.3 Å². The number of methoxy groups -OCH3 is 1. The number of aromatic nitrogens is 2. The lowest BCUT2D eigenvalue weighted by molar-refractivity contribution is 0.102. The number of amides is 1. The fourth-order valence-electron chi connectivity index (χ4n) is 2.94. The summed E-state index contributed by atoms with van der Waals surface area (Å²) in [6, 6.07) is 14.3. The van der Waals surface area contributed by atoms with Crippen LogP contribution in [0.3, 0.4) is 0 Å². The fourth-order valence-corrected chi connectivity index (χ4v) is 2.94. The summed E-state index contributed by atoms with van der Waals surface area (Å²) in [5, 5.41) is 17.5. The smallest absolute Gasteiger partial charge is 0.255 e. The Morgan fingerprint density at radius 2 is 2.03 bits per heavy atom. The van der Waals surface area contributed by atoms with Crippen molar-refractivity contribution in [2.24, 2.45) is 7.05 Å². The number of rotatable bonds is 8. The molecule has 3 N–H and O–H groups in total. The van der Waals surface area contributed by atoms with Crippen LogP contribution < -0.4 is 20.1 Å². The maximum absolute atomic E-state index is 12.7. The Morgan fingerprint density at radius 1 is 1.20 bits per heavy atom. The van der Waals surface area contributed by atoms with Crippen molar-refractivity contribution in [1.82, 2.24) is 15.1 Å². The lowest BCUT2D eigenvalue weighted by Crippen LogP contribution is -2.25. The molecule has 0 aliphatic carbocycles. The van der Waals surface area contributed by atoms with Crippen LogP contribution in [0.15, 0.2) is 54.7 Å². The number of carbonyl (C=O) groups is 1. The normalized spacial score (nSPS) is 10.4. The van der Waals surface area contributed by atoms with Crippen LogP contribution in [0.2, 0.25) is 0 Å². The first kappa shape index (κ1) is 20.9. The zero-order valence-electron chi connectivity index (χ0n) is 17.2. The molecule has 0 aliphatic rings. The topological polar surface area (TPSA) is 101 Å². The second kappa shape index (κ2) is 9.60. The quantitative estimate of drug-likeness (QED) is 0.302. The third-order valence-electron chi connectivity index (χ3n) is 4.42.